The molecule has 2 amide bonds. The van der Waals surface area contributed by atoms with E-state index in [0.29, 0.717) is 0 Å². The van der Waals surface area contributed by atoms with Crippen LogP contribution >= 0.6 is 0 Å². The number of H-pyrrole nitrogens is 1. The SMILES string of the molecule is COc1c([C@H]2[C@H](C(=O)Nc3cnc4n[nH]c(C(N)=O)c4c3)O[C@@](C)(C(F)(F)F)[C@H]2C)ccc(F)c1F. The first-order valence-electron chi connectivity index (χ1n) is 10.5. The third kappa shape index (κ3) is 3.90. The van der Waals surface area contributed by atoms with E-state index in [9.17, 15) is 31.5 Å². The Labute approximate surface area is 200 Å². The molecule has 0 unspecified atom stereocenters. The number of nitrogens with one attached hydrogen (secondary N) is 2. The summed E-state index contributed by atoms with van der Waals surface area (Å²) in [5.74, 6) is -7.97. The van der Waals surface area contributed by atoms with Gasteiger partial charge in [0.1, 0.15) is 11.8 Å². The number of nitrogens with two attached hydrogens (primary N) is 1. The molecule has 2 aromatic heterocycles. The highest BCUT2D eigenvalue weighted by Gasteiger charge is 2.65. The molecule has 1 aromatic carbocycles. The number of alkyl halides is 3. The Bertz CT molecular complexity index is 1360. The Balaban J connectivity index is 1.77. The van der Waals surface area contributed by atoms with Crippen molar-refractivity contribution in [2.45, 2.75) is 37.6 Å². The molecule has 0 bridgehead atoms. The number of primary amides is 1. The van der Waals surface area contributed by atoms with Crippen molar-refractivity contribution < 1.29 is 41.0 Å². The second kappa shape index (κ2) is 8.69. The van der Waals surface area contributed by atoms with Crippen molar-refractivity contribution in [3.63, 3.8) is 0 Å². The molecule has 14 heteroatoms. The van der Waals surface area contributed by atoms with Crippen LogP contribution in [0.3, 0.4) is 0 Å². The van der Waals surface area contributed by atoms with Crippen LogP contribution in [0.2, 0.25) is 0 Å². The Morgan fingerprint density at radius 3 is 2.58 bits per heavy atom. The van der Waals surface area contributed by atoms with Gasteiger partial charge in [0.15, 0.2) is 22.8 Å². The summed E-state index contributed by atoms with van der Waals surface area (Å²) in [5, 5.41) is 8.78. The standard InChI is InChI=1S/C22H20F5N5O4/c1-8-13(10-4-5-12(23)14(24)16(10)35-3)17(36-21(8,2)22(25,26)27)20(34)30-9-6-11-15(18(28)33)31-32-19(11)29-7-9/h4-8,13,17H,1-3H3,(H2,28,33)(H,30,34)(H,29,31,32)/t8-,13-,17+,21+/m0/s1. The normalized spacial score (nSPS) is 24.2. The minimum absolute atomic E-state index is 0.00395. The van der Waals surface area contributed by atoms with Gasteiger partial charge in [0.05, 0.1) is 24.4 Å². The van der Waals surface area contributed by atoms with E-state index < -0.39 is 58.9 Å². The van der Waals surface area contributed by atoms with Crippen molar-refractivity contribution in [3.05, 3.63) is 47.3 Å². The molecule has 9 nitrogen and oxygen atoms in total. The number of carbonyl (C=O) groups excluding carboxylic acids is 2. The van der Waals surface area contributed by atoms with Gasteiger partial charge in [-0.3, -0.25) is 14.7 Å². The fourth-order valence-corrected chi connectivity index (χ4v) is 4.41. The highest BCUT2D eigenvalue weighted by Crippen LogP contribution is 2.55. The van der Waals surface area contributed by atoms with Crippen LogP contribution in [0.5, 0.6) is 5.75 Å². The number of hydrogen-bond acceptors (Lipinski definition) is 6. The highest BCUT2D eigenvalue weighted by atomic mass is 19.4. The molecule has 1 aliphatic heterocycles. The number of carbonyl (C=O) groups is 2. The van der Waals surface area contributed by atoms with Crippen LogP contribution < -0.4 is 15.8 Å². The number of pyridine rings is 1. The van der Waals surface area contributed by atoms with Gasteiger partial charge in [0.2, 0.25) is 5.82 Å². The van der Waals surface area contributed by atoms with E-state index in [4.69, 9.17) is 15.2 Å². The molecule has 0 spiro atoms. The molecule has 3 aromatic rings. The molecule has 4 atom stereocenters. The summed E-state index contributed by atoms with van der Waals surface area (Å²) in [4.78, 5) is 28.8. The average molecular weight is 513 g/mol. The van der Waals surface area contributed by atoms with Gasteiger partial charge in [-0.15, -0.1) is 0 Å². The van der Waals surface area contributed by atoms with E-state index in [1.807, 2.05) is 0 Å². The maximum atomic E-state index is 14.4. The minimum Gasteiger partial charge on any atom is -0.493 e. The summed E-state index contributed by atoms with van der Waals surface area (Å²) in [7, 11) is 1.03. The number of nitrogens with zero attached hydrogens (tertiary/aromatic N) is 2. The van der Waals surface area contributed by atoms with Crippen LogP contribution in [0.1, 0.15) is 35.8 Å². The number of amides is 2. The van der Waals surface area contributed by atoms with Crippen molar-refractivity contribution in [1.82, 2.24) is 15.2 Å². The summed E-state index contributed by atoms with van der Waals surface area (Å²) in [6, 6.07) is 3.10. The minimum atomic E-state index is -4.90. The van der Waals surface area contributed by atoms with Crippen molar-refractivity contribution >= 4 is 28.5 Å². The number of halogens is 5. The van der Waals surface area contributed by atoms with Crippen LogP contribution in [0.25, 0.3) is 11.0 Å². The van der Waals surface area contributed by atoms with Crippen LogP contribution in [0.15, 0.2) is 24.4 Å². The number of methoxy groups -OCH3 is 1. The van der Waals surface area contributed by atoms with Crippen LogP contribution in [0, 0.1) is 17.6 Å². The molecule has 0 aliphatic carbocycles. The van der Waals surface area contributed by atoms with Crippen LogP contribution in [-0.4, -0.2) is 52.0 Å². The first-order valence-corrected chi connectivity index (χ1v) is 10.5. The summed E-state index contributed by atoms with van der Waals surface area (Å²) >= 11 is 0. The second-order valence-corrected chi connectivity index (χ2v) is 8.49. The number of benzene rings is 1. The van der Waals surface area contributed by atoms with Gasteiger partial charge in [0, 0.05) is 17.4 Å². The molecule has 192 valence electrons. The first-order chi connectivity index (χ1) is 16.8. The molecule has 36 heavy (non-hydrogen) atoms. The maximum Gasteiger partial charge on any atom is 0.417 e. The molecule has 1 saturated heterocycles. The third-order valence-corrected chi connectivity index (χ3v) is 6.49. The molecule has 3 heterocycles. The number of fused-ring (bicyclic) bond motifs is 1. The molecular formula is C22H20F5N5O4. The Morgan fingerprint density at radius 1 is 1.28 bits per heavy atom. The van der Waals surface area contributed by atoms with Gasteiger partial charge in [0.25, 0.3) is 11.8 Å². The first kappa shape index (κ1) is 25.3. The van der Waals surface area contributed by atoms with Crippen molar-refractivity contribution in [3.8, 4) is 5.75 Å². The number of aromatic nitrogens is 3. The monoisotopic (exact) mass is 513 g/mol. The lowest BCUT2D eigenvalue weighted by atomic mass is 9.77. The lowest BCUT2D eigenvalue weighted by Gasteiger charge is -2.32. The number of hydrogen-bond donors (Lipinski definition) is 3. The second-order valence-electron chi connectivity index (χ2n) is 8.49. The molecule has 4 N–H and O–H groups in total. The van der Waals surface area contributed by atoms with Crippen molar-refractivity contribution in [2.75, 3.05) is 12.4 Å². The Morgan fingerprint density at radius 2 is 1.97 bits per heavy atom. The molecule has 0 radical (unpaired) electrons. The molecular weight excluding hydrogens is 493 g/mol. The zero-order chi connectivity index (χ0) is 26.6. The number of anilines is 1. The third-order valence-electron chi connectivity index (χ3n) is 6.49. The number of rotatable bonds is 5. The smallest absolute Gasteiger partial charge is 0.417 e. The molecule has 1 aliphatic rings. The van der Waals surface area contributed by atoms with Gasteiger partial charge < -0.3 is 20.5 Å². The fraction of sp³-hybridized carbons (Fsp3) is 0.364. The van der Waals surface area contributed by atoms with E-state index in [-0.39, 0.29) is 28.0 Å². The van der Waals surface area contributed by atoms with E-state index in [1.165, 1.54) is 19.2 Å². The predicted octanol–water partition coefficient (Wildman–Crippen LogP) is 3.42. The Hall–Kier alpha value is -3.81. The van der Waals surface area contributed by atoms with Gasteiger partial charge >= 0.3 is 6.18 Å². The summed E-state index contributed by atoms with van der Waals surface area (Å²) < 4.78 is 80.7. The summed E-state index contributed by atoms with van der Waals surface area (Å²) in [6.07, 6.45) is -5.53. The van der Waals surface area contributed by atoms with Crippen LogP contribution in [0.4, 0.5) is 27.6 Å². The highest BCUT2D eigenvalue weighted by molar-refractivity contribution is 6.04. The zero-order valence-corrected chi connectivity index (χ0v) is 19.0. The topological polar surface area (TPSA) is 132 Å². The average Bonchev–Trinajstić information content (AvgIpc) is 3.35. The lowest BCUT2D eigenvalue weighted by Crippen LogP contribution is -2.47. The zero-order valence-electron chi connectivity index (χ0n) is 19.0. The van der Waals surface area contributed by atoms with Gasteiger partial charge in [-0.25, -0.2) is 9.37 Å². The predicted molar refractivity (Wildman–Crippen MR) is 115 cm³/mol. The summed E-state index contributed by atoms with van der Waals surface area (Å²) in [6.45, 7) is 1.98. The van der Waals surface area contributed by atoms with Gasteiger partial charge in [-0.2, -0.15) is 22.7 Å². The van der Waals surface area contributed by atoms with E-state index in [2.05, 4.69) is 20.5 Å². The lowest BCUT2D eigenvalue weighted by molar-refractivity contribution is -0.272. The molecule has 4 rings (SSSR count). The molecule has 0 saturated carbocycles. The fourth-order valence-electron chi connectivity index (χ4n) is 4.41. The van der Waals surface area contributed by atoms with Crippen molar-refractivity contribution in [1.29, 1.82) is 0 Å². The van der Waals surface area contributed by atoms with Gasteiger partial charge in [-0.1, -0.05) is 13.0 Å². The van der Waals surface area contributed by atoms with Crippen molar-refractivity contribution in [2.24, 2.45) is 11.7 Å². The molecule has 1 fully saturated rings. The van der Waals surface area contributed by atoms with E-state index >= 15 is 0 Å². The Kier molecular flexibility index (Phi) is 6.11. The summed E-state index contributed by atoms with van der Waals surface area (Å²) in [5.41, 5.74) is 2.33. The van der Waals surface area contributed by atoms with Crippen LogP contribution in [-0.2, 0) is 9.53 Å². The van der Waals surface area contributed by atoms with Gasteiger partial charge in [-0.05, 0) is 19.1 Å². The number of ether oxygens (including phenoxy) is 2. The maximum absolute atomic E-state index is 14.4. The largest absolute Gasteiger partial charge is 0.493 e. The van der Waals surface area contributed by atoms with E-state index in [1.54, 1.807) is 0 Å². The number of aromatic amines is 1. The quantitative estimate of drug-likeness (QED) is 0.448. The van der Waals surface area contributed by atoms with E-state index in [0.717, 1.165) is 26.2 Å².